The maximum Gasteiger partial charge on any atom is 0.131 e. The van der Waals surface area contributed by atoms with Gasteiger partial charge in [-0.05, 0) is 60.3 Å². The summed E-state index contributed by atoms with van der Waals surface area (Å²) in [7, 11) is 2.33. The molecule has 0 amide bonds. The van der Waals surface area contributed by atoms with Crippen LogP contribution in [0.5, 0.6) is 0 Å². The summed E-state index contributed by atoms with van der Waals surface area (Å²) >= 11 is 0. The van der Waals surface area contributed by atoms with Gasteiger partial charge in [-0.3, -0.25) is 0 Å². The Morgan fingerprint density at radius 2 is 1.31 bits per heavy atom. The molecule has 2 aliphatic carbocycles. The maximum absolute atomic E-state index is 14.8. The largest absolute Gasteiger partial charge is 0.206 e. The van der Waals surface area contributed by atoms with Gasteiger partial charge in [-0.1, -0.05) is 74.3 Å². The molecule has 0 heterocycles. The van der Waals surface area contributed by atoms with Crippen molar-refractivity contribution in [1.82, 2.24) is 0 Å². The molecule has 2 heteroatoms. The molecule has 2 fully saturated rings. The summed E-state index contributed by atoms with van der Waals surface area (Å²) in [5.74, 6) is 2.02. The second kappa shape index (κ2) is 7.98. The van der Waals surface area contributed by atoms with Crippen LogP contribution in [-0.2, 0) is 0 Å². The molecule has 0 spiro atoms. The SMILES string of the molecule is BC1CCC(c2ccc(-c3ccc(C4CCCCC4)cc3)c(F)c2)CC1. The van der Waals surface area contributed by atoms with Crippen molar-refractivity contribution < 1.29 is 4.39 Å². The predicted octanol–water partition coefficient (Wildman–Crippen LogP) is 6.62. The molecule has 26 heavy (non-hydrogen) atoms. The van der Waals surface area contributed by atoms with Crippen LogP contribution in [0, 0.1) is 5.82 Å². The Balaban J connectivity index is 1.50. The molecular formula is C24H30BF. The summed E-state index contributed by atoms with van der Waals surface area (Å²) in [4.78, 5) is 0. The van der Waals surface area contributed by atoms with Crippen LogP contribution in [0.15, 0.2) is 42.5 Å². The van der Waals surface area contributed by atoms with E-state index in [0.29, 0.717) is 11.8 Å². The Morgan fingerprint density at radius 3 is 1.96 bits per heavy atom. The first-order chi connectivity index (χ1) is 12.7. The lowest BCUT2D eigenvalue weighted by molar-refractivity contribution is 0.442. The van der Waals surface area contributed by atoms with E-state index in [4.69, 9.17) is 0 Å². The number of halogens is 1. The van der Waals surface area contributed by atoms with Crippen LogP contribution in [0.1, 0.15) is 80.8 Å². The van der Waals surface area contributed by atoms with Gasteiger partial charge >= 0.3 is 0 Å². The lowest BCUT2D eigenvalue weighted by Gasteiger charge is -2.26. The minimum atomic E-state index is -0.0634. The molecular weight excluding hydrogens is 318 g/mol. The average Bonchev–Trinajstić information content (AvgIpc) is 2.69. The van der Waals surface area contributed by atoms with Crippen LogP contribution in [0.2, 0.25) is 5.82 Å². The highest BCUT2D eigenvalue weighted by Crippen LogP contribution is 2.38. The number of benzene rings is 2. The van der Waals surface area contributed by atoms with Gasteiger partial charge in [0.2, 0.25) is 0 Å². The Hall–Kier alpha value is -1.57. The Morgan fingerprint density at radius 1 is 0.692 bits per heavy atom. The second-order valence-corrected chi connectivity index (χ2v) is 8.65. The summed E-state index contributed by atoms with van der Waals surface area (Å²) in [5, 5.41) is 0. The van der Waals surface area contributed by atoms with Crippen molar-refractivity contribution in [2.75, 3.05) is 0 Å². The molecule has 4 rings (SSSR count). The van der Waals surface area contributed by atoms with E-state index >= 15 is 0 Å². The van der Waals surface area contributed by atoms with Gasteiger partial charge in [-0.2, -0.15) is 0 Å². The molecule has 0 bridgehead atoms. The van der Waals surface area contributed by atoms with Crippen LogP contribution in [0.25, 0.3) is 11.1 Å². The minimum Gasteiger partial charge on any atom is -0.206 e. The maximum atomic E-state index is 14.8. The molecule has 0 nitrogen and oxygen atoms in total. The van der Waals surface area contributed by atoms with Gasteiger partial charge in [0, 0.05) is 5.56 Å². The zero-order chi connectivity index (χ0) is 17.9. The molecule has 2 aromatic rings. The fourth-order valence-corrected chi connectivity index (χ4v) is 4.98. The monoisotopic (exact) mass is 348 g/mol. The zero-order valence-electron chi connectivity index (χ0n) is 16.0. The topological polar surface area (TPSA) is 0 Å². The molecule has 2 aromatic carbocycles. The van der Waals surface area contributed by atoms with Crippen LogP contribution in [-0.4, -0.2) is 7.85 Å². The number of hydrogen-bond donors (Lipinski definition) is 0. The van der Waals surface area contributed by atoms with E-state index in [-0.39, 0.29) is 5.82 Å². The van der Waals surface area contributed by atoms with E-state index in [9.17, 15) is 4.39 Å². The van der Waals surface area contributed by atoms with Crippen molar-refractivity contribution in [2.24, 2.45) is 0 Å². The van der Waals surface area contributed by atoms with Crippen molar-refractivity contribution in [3.63, 3.8) is 0 Å². The van der Waals surface area contributed by atoms with E-state index in [1.165, 1.54) is 68.9 Å². The van der Waals surface area contributed by atoms with Crippen LogP contribution in [0.3, 0.4) is 0 Å². The molecule has 136 valence electrons. The van der Waals surface area contributed by atoms with Gasteiger partial charge in [-0.15, -0.1) is 0 Å². The third kappa shape index (κ3) is 3.90. The lowest BCUT2D eigenvalue weighted by atomic mass is 9.70. The van der Waals surface area contributed by atoms with Gasteiger partial charge in [0.1, 0.15) is 13.7 Å². The Kier molecular flexibility index (Phi) is 5.48. The predicted molar refractivity (Wildman–Crippen MR) is 111 cm³/mol. The summed E-state index contributed by atoms with van der Waals surface area (Å²) in [6, 6.07) is 14.6. The van der Waals surface area contributed by atoms with Crippen molar-refractivity contribution >= 4 is 7.85 Å². The van der Waals surface area contributed by atoms with Gasteiger partial charge in [-0.25, -0.2) is 4.39 Å². The molecule has 0 aliphatic heterocycles. The van der Waals surface area contributed by atoms with Crippen LogP contribution >= 0.6 is 0 Å². The molecule has 2 aliphatic rings. The Labute approximate surface area is 158 Å². The first-order valence-electron chi connectivity index (χ1n) is 10.6. The number of rotatable bonds is 3. The summed E-state index contributed by atoms with van der Waals surface area (Å²) in [5.41, 5.74) is 4.37. The van der Waals surface area contributed by atoms with Crippen molar-refractivity contribution in [2.45, 2.75) is 75.4 Å². The van der Waals surface area contributed by atoms with E-state index < -0.39 is 0 Å². The van der Waals surface area contributed by atoms with Crippen LogP contribution in [0.4, 0.5) is 4.39 Å². The fourth-order valence-electron chi connectivity index (χ4n) is 4.98. The zero-order valence-corrected chi connectivity index (χ0v) is 16.0. The van der Waals surface area contributed by atoms with E-state index in [1.54, 1.807) is 6.07 Å². The average molecular weight is 348 g/mol. The number of hydrogen-bond acceptors (Lipinski definition) is 0. The molecule has 0 N–H and O–H groups in total. The quantitative estimate of drug-likeness (QED) is 0.547. The normalized spacial score (nSPS) is 24.5. The Bertz CT molecular complexity index is 722. The van der Waals surface area contributed by atoms with Crippen LogP contribution < -0.4 is 0 Å². The smallest absolute Gasteiger partial charge is 0.131 e. The molecule has 0 saturated heterocycles. The van der Waals surface area contributed by atoms with Gasteiger partial charge < -0.3 is 0 Å². The van der Waals surface area contributed by atoms with E-state index in [1.807, 2.05) is 6.07 Å². The van der Waals surface area contributed by atoms with Crippen molar-refractivity contribution in [3.05, 3.63) is 59.4 Å². The lowest BCUT2D eigenvalue weighted by Crippen LogP contribution is -2.09. The van der Waals surface area contributed by atoms with Crippen molar-refractivity contribution in [1.29, 1.82) is 0 Å². The van der Waals surface area contributed by atoms with Gasteiger partial charge in [0.25, 0.3) is 0 Å². The highest BCUT2D eigenvalue weighted by molar-refractivity contribution is 6.11. The molecule has 0 aromatic heterocycles. The summed E-state index contributed by atoms with van der Waals surface area (Å²) < 4.78 is 14.8. The van der Waals surface area contributed by atoms with E-state index in [2.05, 4.69) is 38.2 Å². The molecule has 2 saturated carbocycles. The highest BCUT2D eigenvalue weighted by atomic mass is 19.1. The third-order valence-corrected chi connectivity index (χ3v) is 6.78. The molecule has 0 atom stereocenters. The van der Waals surface area contributed by atoms with Gasteiger partial charge in [0.15, 0.2) is 0 Å². The van der Waals surface area contributed by atoms with Crippen molar-refractivity contribution in [3.8, 4) is 11.1 Å². The first kappa shape index (κ1) is 17.8. The second-order valence-electron chi connectivity index (χ2n) is 8.65. The standard InChI is InChI=1S/C24H30BF/c25-22-13-10-19(11-14-22)21-12-15-23(24(26)16-21)20-8-6-18(7-9-20)17-4-2-1-3-5-17/h6-9,12,15-17,19,22H,1-5,10-11,13-14,25H2. The first-order valence-corrected chi connectivity index (χ1v) is 10.6. The van der Waals surface area contributed by atoms with E-state index in [0.717, 1.165) is 16.9 Å². The fraction of sp³-hybridized carbons (Fsp3) is 0.500. The minimum absolute atomic E-state index is 0.0634. The summed E-state index contributed by atoms with van der Waals surface area (Å²) in [6.07, 6.45) is 11.7. The molecule has 0 radical (unpaired) electrons. The third-order valence-electron chi connectivity index (χ3n) is 6.78. The molecule has 0 unspecified atom stereocenters. The highest BCUT2D eigenvalue weighted by Gasteiger charge is 2.21. The van der Waals surface area contributed by atoms with Gasteiger partial charge in [0.05, 0.1) is 0 Å². The summed E-state index contributed by atoms with van der Waals surface area (Å²) in [6.45, 7) is 0.